The summed E-state index contributed by atoms with van der Waals surface area (Å²) >= 11 is 0. The van der Waals surface area contributed by atoms with E-state index in [2.05, 4.69) is 65.6 Å². The van der Waals surface area contributed by atoms with Crippen LogP contribution in [0, 0.1) is 5.92 Å². The van der Waals surface area contributed by atoms with Crippen molar-refractivity contribution in [2.45, 2.75) is 59.3 Å². The van der Waals surface area contributed by atoms with Crippen LogP contribution in [0.2, 0.25) is 0 Å². The van der Waals surface area contributed by atoms with Crippen LogP contribution in [0.15, 0.2) is 29.3 Å². The Bertz CT molecular complexity index is 565. The van der Waals surface area contributed by atoms with Gasteiger partial charge in [0.15, 0.2) is 5.96 Å². The quantitative estimate of drug-likeness (QED) is 0.395. The second kappa shape index (κ2) is 12.0. The SMILES string of the molecule is CN=C(NCCCN1CCC(C)CC1)NCc1cccc(COC(C)C)c1. The maximum Gasteiger partial charge on any atom is 0.191 e. The molecule has 2 rings (SSSR count). The number of likely N-dealkylation sites (tertiary alicyclic amines) is 1. The van der Waals surface area contributed by atoms with Gasteiger partial charge in [-0.05, 0) is 69.8 Å². The highest BCUT2D eigenvalue weighted by atomic mass is 16.5. The van der Waals surface area contributed by atoms with E-state index in [1.54, 1.807) is 0 Å². The summed E-state index contributed by atoms with van der Waals surface area (Å²) in [6, 6.07) is 8.53. The maximum absolute atomic E-state index is 5.69. The van der Waals surface area contributed by atoms with Crippen LogP contribution in [0.25, 0.3) is 0 Å². The second-order valence-electron chi connectivity index (χ2n) is 7.91. The molecule has 1 aliphatic heterocycles. The Morgan fingerprint density at radius 3 is 2.67 bits per heavy atom. The van der Waals surface area contributed by atoms with Gasteiger partial charge >= 0.3 is 0 Å². The Hall–Kier alpha value is -1.59. The Labute approximate surface area is 165 Å². The van der Waals surface area contributed by atoms with E-state index in [4.69, 9.17) is 4.74 Å². The molecule has 2 N–H and O–H groups in total. The predicted molar refractivity (Wildman–Crippen MR) is 114 cm³/mol. The summed E-state index contributed by atoms with van der Waals surface area (Å²) in [5.41, 5.74) is 2.45. The number of guanidine groups is 1. The van der Waals surface area contributed by atoms with E-state index in [1.807, 2.05) is 7.05 Å². The topological polar surface area (TPSA) is 48.9 Å². The van der Waals surface area contributed by atoms with Gasteiger partial charge in [-0.15, -0.1) is 0 Å². The van der Waals surface area contributed by atoms with Crippen molar-refractivity contribution in [1.82, 2.24) is 15.5 Å². The lowest BCUT2D eigenvalue weighted by Crippen LogP contribution is -2.39. The van der Waals surface area contributed by atoms with Crippen molar-refractivity contribution in [3.8, 4) is 0 Å². The van der Waals surface area contributed by atoms with Crippen molar-refractivity contribution in [2.75, 3.05) is 33.2 Å². The van der Waals surface area contributed by atoms with Gasteiger partial charge in [0.1, 0.15) is 0 Å². The fourth-order valence-electron chi connectivity index (χ4n) is 3.29. The highest BCUT2D eigenvalue weighted by Crippen LogP contribution is 2.15. The molecule has 0 aromatic heterocycles. The van der Waals surface area contributed by atoms with Gasteiger partial charge in [-0.1, -0.05) is 31.2 Å². The molecule has 0 unspecified atom stereocenters. The second-order valence-corrected chi connectivity index (χ2v) is 7.91. The first kappa shape index (κ1) is 21.7. The summed E-state index contributed by atoms with van der Waals surface area (Å²) in [6.07, 6.45) is 4.09. The standard InChI is InChI=1S/C22H38N4O/c1-18(2)27-17-21-8-5-7-20(15-21)16-25-22(23-4)24-11-6-12-26-13-9-19(3)10-14-26/h5,7-8,15,18-19H,6,9-14,16-17H2,1-4H3,(H2,23,24,25). The third-order valence-corrected chi connectivity index (χ3v) is 5.08. The van der Waals surface area contributed by atoms with Gasteiger partial charge in [-0.2, -0.15) is 0 Å². The minimum Gasteiger partial charge on any atom is -0.374 e. The highest BCUT2D eigenvalue weighted by Gasteiger charge is 2.14. The van der Waals surface area contributed by atoms with Gasteiger partial charge in [0.25, 0.3) is 0 Å². The summed E-state index contributed by atoms with van der Waals surface area (Å²) < 4.78 is 5.69. The van der Waals surface area contributed by atoms with Gasteiger partial charge in [-0.25, -0.2) is 0 Å². The monoisotopic (exact) mass is 374 g/mol. The number of hydrogen-bond donors (Lipinski definition) is 2. The highest BCUT2D eigenvalue weighted by molar-refractivity contribution is 5.79. The van der Waals surface area contributed by atoms with E-state index in [1.165, 1.54) is 43.6 Å². The molecule has 1 aromatic rings. The number of benzene rings is 1. The van der Waals surface area contributed by atoms with Crippen LogP contribution in [-0.4, -0.2) is 50.2 Å². The molecule has 0 aliphatic carbocycles. The van der Waals surface area contributed by atoms with Crippen LogP contribution < -0.4 is 10.6 Å². The van der Waals surface area contributed by atoms with Gasteiger partial charge < -0.3 is 20.3 Å². The molecular formula is C22H38N4O. The number of aliphatic imine (C=N–C) groups is 1. The Balaban J connectivity index is 1.65. The van der Waals surface area contributed by atoms with Gasteiger partial charge in [0, 0.05) is 20.1 Å². The van der Waals surface area contributed by atoms with E-state index >= 15 is 0 Å². The molecule has 0 atom stereocenters. The maximum atomic E-state index is 5.69. The number of rotatable bonds is 9. The molecule has 5 heteroatoms. The van der Waals surface area contributed by atoms with Crippen LogP contribution in [0.1, 0.15) is 51.2 Å². The molecule has 1 aromatic carbocycles. The molecule has 27 heavy (non-hydrogen) atoms. The third-order valence-electron chi connectivity index (χ3n) is 5.08. The summed E-state index contributed by atoms with van der Waals surface area (Å²) in [7, 11) is 1.83. The molecular weight excluding hydrogens is 336 g/mol. The lowest BCUT2D eigenvalue weighted by molar-refractivity contribution is 0.0657. The van der Waals surface area contributed by atoms with Gasteiger partial charge in [-0.3, -0.25) is 4.99 Å². The van der Waals surface area contributed by atoms with Crippen molar-refractivity contribution in [1.29, 1.82) is 0 Å². The van der Waals surface area contributed by atoms with Crippen LogP contribution in [0.4, 0.5) is 0 Å². The Morgan fingerprint density at radius 2 is 1.96 bits per heavy atom. The zero-order valence-corrected chi connectivity index (χ0v) is 17.6. The largest absolute Gasteiger partial charge is 0.374 e. The first-order valence-electron chi connectivity index (χ1n) is 10.4. The Morgan fingerprint density at radius 1 is 1.22 bits per heavy atom. The zero-order valence-electron chi connectivity index (χ0n) is 17.6. The van der Waals surface area contributed by atoms with Crippen LogP contribution in [0.3, 0.4) is 0 Å². The molecule has 5 nitrogen and oxygen atoms in total. The fourth-order valence-corrected chi connectivity index (χ4v) is 3.29. The average Bonchev–Trinajstić information content (AvgIpc) is 2.67. The number of nitrogens with zero attached hydrogens (tertiary/aromatic N) is 2. The minimum atomic E-state index is 0.253. The van der Waals surface area contributed by atoms with Crippen LogP contribution in [0.5, 0.6) is 0 Å². The molecule has 152 valence electrons. The lowest BCUT2D eigenvalue weighted by atomic mass is 9.99. The lowest BCUT2D eigenvalue weighted by Gasteiger charge is -2.30. The number of hydrogen-bond acceptors (Lipinski definition) is 3. The van der Waals surface area contributed by atoms with Crippen molar-refractivity contribution in [3.05, 3.63) is 35.4 Å². The zero-order chi connectivity index (χ0) is 19.5. The number of piperidine rings is 1. The summed E-state index contributed by atoms with van der Waals surface area (Å²) in [5, 5.41) is 6.84. The van der Waals surface area contributed by atoms with Crippen molar-refractivity contribution in [3.63, 3.8) is 0 Å². The van der Waals surface area contributed by atoms with Gasteiger partial charge in [0.2, 0.25) is 0 Å². The van der Waals surface area contributed by atoms with E-state index in [-0.39, 0.29) is 6.10 Å². The predicted octanol–water partition coefficient (Wildman–Crippen LogP) is 3.40. The summed E-state index contributed by atoms with van der Waals surface area (Å²) in [4.78, 5) is 6.92. The van der Waals surface area contributed by atoms with Crippen molar-refractivity contribution >= 4 is 5.96 Å². The summed E-state index contributed by atoms with van der Waals surface area (Å²) in [6.45, 7) is 12.5. The van der Waals surface area contributed by atoms with Crippen LogP contribution >= 0.6 is 0 Å². The van der Waals surface area contributed by atoms with Gasteiger partial charge in [0.05, 0.1) is 12.7 Å². The summed E-state index contributed by atoms with van der Waals surface area (Å²) in [5.74, 6) is 1.77. The number of nitrogens with one attached hydrogen (secondary N) is 2. The van der Waals surface area contributed by atoms with E-state index < -0.39 is 0 Å². The molecule has 0 spiro atoms. The van der Waals surface area contributed by atoms with Crippen molar-refractivity contribution < 1.29 is 4.74 Å². The minimum absolute atomic E-state index is 0.253. The van der Waals surface area contributed by atoms with E-state index in [0.29, 0.717) is 6.61 Å². The normalized spacial score (nSPS) is 16.7. The smallest absolute Gasteiger partial charge is 0.191 e. The molecule has 1 heterocycles. The van der Waals surface area contributed by atoms with Crippen molar-refractivity contribution in [2.24, 2.45) is 10.9 Å². The number of ether oxygens (including phenoxy) is 1. The van der Waals surface area contributed by atoms with E-state index in [0.717, 1.165) is 31.4 Å². The fraction of sp³-hybridized carbons (Fsp3) is 0.682. The average molecular weight is 375 g/mol. The molecule has 1 saturated heterocycles. The molecule has 0 amide bonds. The molecule has 0 radical (unpaired) electrons. The van der Waals surface area contributed by atoms with Crippen LogP contribution in [-0.2, 0) is 17.9 Å². The molecule has 0 bridgehead atoms. The first-order chi connectivity index (χ1) is 13.1. The molecule has 1 aliphatic rings. The van der Waals surface area contributed by atoms with E-state index in [9.17, 15) is 0 Å². The molecule has 1 fully saturated rings. The third kappa shape index (κ3) is 8.76. The molecule has 0 saturated carbocycles. The first-order valence-corrected chi connectivity index (χ1v) is 10.4. The Kier molecular flexibility index (Phi) is 9.64.